The van der Waals surface area contributed by atoms with Gasteiger partial charge in [-0.05, 0) is 35.2 Å². The summed E-state index contributed by atoms with van der Waals surface area (Å²) in [5.74, 6) is 0. The van der Waals surface area contributed by atoms with Crippen LogP contribution < -0.4 is 17.4 Å². The van der Waals surface area contributed by atoms with Crippen LogP contribution in [0, 0.1) is 0 Å². The molecule has 1 N–H and O–H groups in total. The van der Waals surface area contributed by atoms with Gasteiger partial charge in [0.25, 0.3) is 0 Å². The minimum absolute atomic E-state index is 0. The third-order valence-corrected chi connectivity index (χ3v) is 4.69. The molecule has 0 bridgehead atoms. The molecule has 2 aliphatic rings. The molecule has 2 aromatic rings. The maximum Gasteiger partial charge on any atom is 0.169 e. The highest BCUT2D eigenvalue weighted by molar-refractivity contribution is 5.93. The van der Waals surface area contributed by atoms with Gasteiger partial charge in [-0.2, -0.15) is 0 Å². The summed E-state index contributed by atoms with van der Waals surface area (Å²) in [4.78, 5) is 3.69. The first kappa shape index (κ1) is 12.7. The number of fused-ring (bicyclic) bond motifs is 3. The van der Waals surface area contributed by atoms with Crippen LogP contribution >= 0.6 is 0 Å². The Morgan fingerprint density at radius 1 is 0.947 bits per heavy atom. The lowest BCUT2D eigenvalue weighted by atomic mass is 9.83. The molecule has 0 saturated heterocycles. The van der Waals surface area contributed by atoms with Gasteiger partial charge in [-0.15, -0.1) is 0 Å². The van der Waals surface area contributed by atoms with Crippen molar-refractivity contribution in [2.24, 2.45) is 0 Å². The zero-order valence-corrected chi connectivity index (χ0v) is 11.7. The van der Waals surface area contributed by atoms with Crippen molar-refractivity contribution in [2.75, 3.05) is 0 Å². The van der Waals surface area contributed by atoms with E-state index in [4.69, 9.17) is 0 Å². The number of halogens is 1. The lowest BCUT2D eigenvalue weighted by molar-refractivity contribution is -0.549. The Balaban J connectivity index is 0.00000110. The van der Waals surface area contributed by atoms with Crippen LogP contribution in [0.1, 0.15) is 36.8 Å². The predicted molar refractivity (Wildman–Crippen MR) is 75.0 cm³/mol. The second-order valence-electron chi connectivity index (χ2n) is 5.81. The van der Waals surface area contributed by atoms with Crippen molar-refractivity contribution in [3.8, 4) is 0 Å². The number of rotatable bonds is 0. The molecule has 1 nitrogen and oxygen atoms in total. The van der Waals surface area contributed by atoms with Gasteiger partial charge in [0.05, 0.1) is 0 Å². The molecule has 0 aromatic heterocycles. The van der Waals surface area contributed by atoms with Crippen LogP contribution in [0.3, 0.4) is 0 Å². The molecule has 2 heteroatoms. The van der Waals surface area contributed by atoms with Crippen LogP contribution in [0.2, 0.25) is 0 Å². The quantitative estimate of drug-likeness (QED) is 0.646. The molecule has 1 aliphatic carbocycles. The highest BCUT2D eigenvalue weighted by atomic mass is 35.5. The van der Waals surface area contributed by atoms with E-state index in [-0.39, 0.29) is 12.4 Å². The van der Waals surface area contributed by atoms with Crippen molar-refractivity contribution in [1.29, 1.82) is 0 Å². The minimum atomic E-state index is 0. The topological polar surface area (TPSA) is 14.0 Å². The second-order valence-corrected chi connectivity index (χ2v) is 5.81. The van der Waals surface area contributed by atoms with E-state index in [1.807, 2.05) is 0 Å². The molecule has 1 heterocycles. The van der Waals surface area contributed by atoms with Crippen molar-refractivity contribution >= 4 is 17.0 Å². The first-order valence-corrected chi connectivity index (χ1v) is 6.98. The van der Waals surface area contributed by atoms with Crippen molar-refractivity contribution in [3.63, 3.8) is 0 Å². The molecule has 0 radical (unpaired) electrons. The molecule has 0 atom stereocenters. The highest BCUT2D eigenvalue weighted by Crippen LogP contribution is 2.33. The van der Waals surface area contributed by atoms with Crippen LogP contribution in [0.15, 0.2) is 36.4 Å². The van der Waals surface area contributed by atoms with Gasteiger partial charge in [-0.1, -0.05) is 30.3 Å². The first-order chi connectivity index (χ1) is 8.86. The third kappa shape index (κ3) is 1.97. The largest absolute Gasteiger partial charge is 1.00 e. The van der Waals surface area contributed by atoms with Crippen LogP contribution in [-0.2, 0) is 6.42 Å². The molecule has 0 amide bonds. The van der Waals surface area contributed by atoms with Gasteiger partial charge in [0.15, 0.2) is 11.8 Å². The Morgan fingerprint density at radius 2 is 1.74 bits per heavy atom. The molecule has 0 unspecified atom stereocenters. The summed E-state index contributed by atoms with van der Waals surface area (Å²) in [6, 6.07) is 13.3. The van der Waals surface area contributed by atoms with Crippen LogP contribution in [0.4, 0.5) is 0 Å². The SMILES string of the molecule is C1=[NH+]C2(CCCC2)Cc2c1ccc1ccccc21.[Cl-]. The maximum absolute atomic E-state index is 3.69. The Labute approximate surface area is 120 Å². The molecular weight excluding hydrogens is 254 g/mol. The molecule has 98 valence electrons. The number of nitrogens with one attached hydrogen (secondary N) is 1. The van der Waals surface area contributed by atoms with Crippen LogP contribution in [0.5, 0.6) is 0 Å². The van der Waals surface area contributed by atoms with E-state index in [9.17, 15) is 0 Å². The van der Waals surface area contributed by atoms with Crippen molar-refractivity contribution < 1.29 is 17.4 Å². The van der Waals surface area contributed by atoms with Crippen LogP contribution in [0.25, 0.3) is 10.8 Å². The molecular formula is C17H18ClN. The summed E-state index contributed by atoms with van der Waals surface area (Å²) < 4.78 is 0. The van der Waals surface area contributed by atoms with Crippen molar-refractivity contribution in [1.82, 2.24) is 0 Å². The summed E-state index contributed by atoms with van der Waals surface area (Å²) in [6.07, 6.45) is 8.84. The zero-order valence-electron chi connectivity index (χ0n) is 11.0. The summed E-state index contributed by atoms with van der Waals surface area (Å²) in [7, 11) is 0. The number of hydrogen-bond acceptors (Lipinski definition) is 0. The molecule has 4 rings (SSSR count). The summed E-state index contributed by atoms with van der Waals surface area (Å²) >= 11 is 0. The zero-order chi connectivity index (χ0) is 12.0. The molecule has 1 saturated carbocycles. The molecule has 1 fully saturated rings. The predicted octanol–water partition coefficient (Wildman–Crippen LogP) is -0.788. The first-order valence-electron chi connectivity index (χ1n) is 6.98. The van der Waals surface area contributed by atoms with Crippen LogP contribution in [-0.4, -0.2) is 11.8 Å². The van der Waals surface area contributed by atoms with Gasteiger partial charge >= 0.3 is 0 Å². The number of benzene rings is 2. The van der Waals surface area contributed by atoms with Gasteiger partial charge in [0.1, 0.15) is 0 Å². The van der Waals surface area contributed by atoms with Gasteiger partial charge in [0, 0.05) is 24.8 Å². The van der Waals surface area contributed by atoms with E-state index in [0.717, 1.165) is 0 Å². The van der Waals surface area contributed by atoms with Gasteiger partial charge in [-0.25, -0.2) is 4.99 Å². The van der Waals surface area contributed by atoms with Gasteiger partial charge in [-0.3, -0.25) is 0 Å². The Kier molecular flexibility index (Phi) is 3.10. The van der Waals surface area contributed by atoms with E-state index in [2.05, 4.69) is 47.6 Å². The van der Waals surface area contributed by atoms with E-state index < -0.39 is 0 Å². The minimum Gasteiger partial charge on any atom is -1.00 e. The van der Waals surface area contributed by atoms with Crippen molar-refractivity contribution in [2.45, 2.75) is 37.6 Å². The summed E-state index contributed by atoms with van der Waals surface area (Å²) in [5.41, 5.74) is 3.29. The Bertz CT molecular complexity index is 639. The average Bonchev–Trinajstić information content (AvgIpc) is 2.87. The standard InChI is InChI=1S/C17H17N.ClH/c1-2-6-15-13(5-1)7-8-14-12-18-17(11-16(14)15)9-3-4-10-17;/h1-2,5-8,12H,3-4,9-11H2;1H. The maximum atomic E-state index is 3.69. The summed E-state index contributed by atoms with van der Waals surface area (Å²) in [5, 5.41) is 2.82. The molecule has 1 aliphatic heterocycles. The van der Waals surface area contributed by atoms with Crippen molar-refractivity contribution in [3.05, 3.63) is 47.5 Å². The van der Waals surface area contributed by atoms with E-state index in [1.54, 1.807) is 5.56 Å². The molecule has 19 heavy (non-hydrogen) atoms. The summed E-state index contributed by atoms with van der Waals surface area (Å²) in [6.45, 7) is 0. The van der Waals surface area contributed by atoms with Gasteiger partial charge in [0.2, 0.25) is 0 Å². The Hall–Kier alpha value is -1.34. The Morgan fingerprint density at radius 3 is 2.58 bits per heavy atom. The molecule has 1 spiro atoms. The molecule has 2 aromatic carbocycles. The normalized spacial score (nSPS) is 19.4. The number of hydrogen-bond donors (Lipinski definition) is 1. The van der Waals surface area contributed by atoms with Gasteiger partial charge < -0.3 is 12.4 Å². The van der Waals surface area contributed by atoms with E-state index in [1.165, 1.54) is 48.4 Å². The fraction of sp³-hybridized carbons (Fsp3) is 0.353. The highest BCUT2D eigenvalue weighted by Gasteiger charge is 2.41. The average molecular weight is 272 g/mol. The second kappa shape index (κ2) is 4.64. The smallest absolute Gasteiger partial charge is 0.169 e. The van der Waals surface area contributed by atoms with E-state index in [0.29, 0.717) is 5.54 Å². The fourth-order valence-corrected chi connectivity index (χ4v) is 3.68. The van der Waals surface area contributed by atoms with E-state index >= 15 is 0 Å². The third-order valence-electron chi connectivity index (χ3n) is 4.69. The fourth-order valence-electron chi connectivity index (χ4n) is 3.68. The lowest BCUT2D eigenvalue weighted by Crippen LogP contribution is -3.00. The monoisotopic (exact) mass is 271 g/mol. The lowest BCUT2D eigenvalue weighted by Gasteiger charge is -2.24.